The van der Waals surface area contributed by atoms with E-state index in [4.69, 9.17) is 4.98 Å². The highest BCUT2D eigenvalue weighted by atomic mass is 32.1. The molecule has 0 radical (unpaired) electrons. The summed E-state index contributed by atoms with van der Waals surface area (Å²) < 4.78 is 2.82. The Balaban J connectivity index is 1.60. The largest absolute Gasteiger partial charge is 0.505 e. The SMILES string of the molecule is CCc1ccc(C2/C(=C(\O)c3nc4c(C)cccn4c3C)C(=O)C(=O)N2c2nc3c(C)cc(C)cc3s2)cc1. The molecule has 0 spiro atoms. The summed E-state index contributed by atoms with van der Waals surface area (Å²) in [5.41, 5.74) is 7.36. The first kappa shape index (κ1) is 25.0. The molecule has 7 nitrogen and oxygen atoms in total. The molecule has 1 aliphatic rings. The minimum atomic E-state index is -0.844. The van der Waals surface area contributed by atoms with Gasteiger partial charge in [0.1, 0.15) is 11.3 Å². The molecule has 3 aromatic heterocycles. The summed E-state index contributed by atoms with van der Waals surface area (Å²) in [4.78, 5) is 38.3. The molecule has 1 unspecified atom stereocenters. The average molecular weight is 537 g/mol. The van der Waals surface area contributed by atoms with Crippen molar-refractivity contribution in [3.05, 3.63) is 99.5 Å². The highest BCUT2D eigenvalue weighted by Crippen LogP contribution is 2.45. The first-order chi connectivity index (χ1) is 18.7. The number of pyridine rings is 1. The molecule has 0 aliphatic carbocycles. The fourth-order valence-electron chi connectivity index (χ4n) is 5.42. The van der Waals surface area contributed by atoms with Crippen LogP contribution in [0.5, 0.6) is 0 Å². The van der Waals surface area contributed by atoms with Gasteiger partial charge in [0.25, 0.3) is 5.78 Å². The van der Waals surface area contributed by atoms with E-state index < -0.39 is 17.7 Å². The van der Waals surface area contributed by atoms with Gasteiger partial charge in [-0.15, -0.1) is 0 Å². The number of hydrogen-bond donors (Lipinski definition) is 1. The number of carbonyl (C=O) groups excluding carboxylic acids is 2. The zero-order valence-corrected chi connectivity index (χ0v) is 23.3. The van der Waals surface area contributed by atoms with Crippen LogP contribution in [0.25, 0.3) is 21.6 Å². The lowest BCUT2D eigenvalue weighted by Crippen LogP contribution is -2.29. The number of thiazole rings is 1. The first-order valence-electron chi connectivity index (χ1n) is 12.9. The van der Waals surface area contributed by atoms with Gasteiger partial charge in [0.05, 0.1) is 27.5 Å². The van der Waals surface area contributed by atoms with E-state index >= 15 is 0 Å². The number of aryl methyl sites for hydroxylation is 5. The van der Waals surface area contributed by atoms with Gasteiger partial charge in [-0.05, 0) is 74.1 Å². The van der Waals surface area contributed by atoms with Gasteiger partial charge in [-0.25, -0.2) is 9.97 Å². The number of aliphatic hydroxyl groups is 1. The normalized spacial score (nSPS) is 17.2. The van der Waals surface area contributed by atoms with Crippen molar-refractivity contribution in [1.29, 1.82) is 0 Å². The molecule has 1 fully saturated rings. The number of ketones is 1. The molecule has 0 bridgehead atoms. The van der Waals surface area contributed by atoms with Gasteiger partial charge in [-0.3, -0.25) is 14.5 Å². The minimum absolute atomic E-state index is 0.0144. The van der Waals surface area contributed by atoms with Crippen molar-refractivity contribution in [1.82, 2.24) is 14.4 Å². The molecule has 6 rings (SSSR count). The van der Waals surface area contributed by atoms with E-state index in [0.29, 0.717) is 16.5 Å². The number of carbonyl (C=O) groups is 2. The zero-order valence-electron chi connectivity index (χ0n) is 22.4. The summed E-state index contributed by atoms with van der Waals surface area (Å²) in [6, 6.07) is 14.9. The van der Waals surface area contributed by atoms with E-state index in [1.54, 1.807) is 0 Å². The van der Waals surface area contributed by atoms with Gasteiger partial charge in [0, 0.05) is 6.20 Å². The van der Waals surface area contributed by atoms with Crippen LogP contribution in [0.4, 0.5) is 5.13 Å². The maximum Gasteiger partial charge on any atom is 0.301 e. The Labute approximate surface area is 230 Å². The average Bonchev–Trinajstić information content (AvgIpc) is 3.57. The standard InChI is InChI=1S/C31H28N4O3S/c1-6-20-9-11-21(12-10-20)26-23(27(36)25-19(5)34-13-7-8-17(3)29(34)32-25)28(37)30(38)35(26)31-33-24-18(4)14-16(2)15-22(24)39-31/h7-15,26,36H,6H2,1-5H3/b27-23+. The number of benzene rings is 2. The third-order valence-electron chi connectivity index (χ3n) is 7.48. The van der Waals surface area contributed by atoms with Crippen LogP contribution in [0, 0.1) is 27.7 Å². The van der Waals surface area contributed by atoms with Gasteiger partial charge in [-0.1, -0.05) is 54.7 Å². The summed E-state index contributed by atoms with van der Waals surface area (Å²) in [6.45, 7) is 9.86. The van der Waals surface area contributed by atoms with E-state index in [2.05, 4.69) is 18.0 Å². The second-order valence-electron chi connectivity index (χ2n) is 10.1. The molecule has 1 amide bonds. The molecule has 8 heteroatoms. The number of aliphatic hydroxyl groups excluding tert-OH is 1. The van der Waals surface area contributed by atoms with E-state index in [1.165, 1.54) is 16.2 Å². The number of amides is 1. The Hall–Kier alpha value is -4.30. The fourth-order valence-corrected chi connectivity index (χ4v) is 6.59. The number of fused-ring (bicyclic) bond motifs is 2. The number of imidazole rings is 1. The second-order valence-corrected chi connectivity index (χ2v) is 11.1. The maximum absolute atomic E-state index is 13.7. The summed E-state index contributed by atoms with van der Waals surface area (Å²) in [6.07, 6.45) is 2.73. The number of hydrogen-bond acceptors (Lipinski definition) is 6. The molecule has 4 heterocycles. The van der Waals surface area contributed by atoms with Crippen LogP contribution in [0.3, 0.4) is 0 Å². The molecule has 1 N–H and O–H groups in total. The van der Waals surface area contributed by atoms with Crippen LogP contribution >= 0.6 is 11.3 Å². The first-order valence-corrected chi connectivity index (χ1v) is 13.7. The van der Waals surface area contributed by atoms with E-state index in [9.17, 15) is 14.7 Å². The molecule has 0 saturated carbocycles. The van der Waals surface area contributed by atoms with Gasteiger partial charge >= 0.3 is 5.91 Å². The Morgan fingerprint density at radius 1 is 1.00 bits per heavy atom. The van der Waals surface area contributed by atoms with Crippen molar-refractivity contribution < 1.29 is 14.7 Å². The molecule has 1 aliphatic heterocycles. The van der Waals surface area contributed by atoms with Gasteiger partial charge < -0.3 is 9.51 Å². The Morgan fingerprint density at radius 3 is 2.44 bits per heavy atom. The number of rotatable bonds is 4. The van der Waals surface area contributed by atoms with E-state index in [1.807, 2.05) is 80.8 Å². The van der Waals surface area contributed by atoms with Crippen molar-refractivity contribution >= 4 is 49.8 Å². The molecular weight excluding hydrogens is 508 g/mol. The van der Waals surface area contributed by atoms with Crippen molar-refractivity contribution in [2.45, 2.75) is 47.1 Å². The molecular formula is C31H28N4O3S. The van der Waals surface area contributed by atoms with Crippen LogP contribution in [-0.4, -0.2) is 31.2 Å². The molecule has 5 aromatic rings. The van der Waals surface area contributed by atoms with Gasteiger partial charge in [0.15, 0.2) is 10.9 Å². The Morgan fingerprint density at radius 2 is 1.74 bits per heavy atom. The summed E-state index contributed by atoms with van der Waals surface area (Å²) >= 11 is 1.37. The predicted octanol–water partition coefficient (Wildman–Crippen LogP) is 6.37. The van der Waals surface area contributed by atoms with Crippen LogP contribution in [0.15, 0.2) is 60.3 Å². The zero-order chi connectivity index (χ0) is 27.6. The third kappa shape index (κ3) is 3.86. The van der Waals surface area contributed by atoms with Gasteiger partial charge in [0.2, 0.25) is 0 Å². The predicted molar refractivity (Wildman–Crippen MR) is 154 cm³/mol. The van der Waals surface area contributed by atoms with Crippen LogP contribution in [0.2, 0.25) is 0 Å². The summed E-state index contributed by atoms with van der Waals surface area (Å²) in [5, 5.41) is 12.1. The Kier molecular flexibility index (Phi) is 5.88. The Bertz CT molecular complexity index is 1850. The summed E-state index contributed by atoms with van der Waals surface area (Å²) in [5.74, 6) is -1.75. The topological polar surface area (TPSA) is 87.8 Å². The highest BCUT2D eigenvalue weighted by molar-refractivity contribution is 7.22. The van der Waals surface area contributed by atoms with E-state index in [-0.39, 0.29) is 17.0 Å². The van der Waals surface area contributed by atoms with Crippen molar-refractivity contribution in [2.24, 2.45) is 0 Å². The van der Waals surface area contributed by atoms with Crippen LogP contribution < -0.4 is 4.90 Å². The van der Waals surface area contributed by atoms with Gasteiger partial charge in [-0.2, -0.15) is 0 Å². The molecule has 2 aromatic carbocycles. The molecule has 1 atom stereocenters. The number of Topliss-reactive ketones (excluding diaryl/α,β-unsaturated/α-hetero) is 1. The molecule has 196 valence electrons. The van der Waals surface area contributed by atoms with Crippen molar-refractivity contribution in [3.63, 3.8) is 0 Å². The fraction of sp³-hybridized carbons (Fsp3) is 0.226. The van der Waals surface area contributed by atoms with Crippen molar-refractivity contribution in [2.75, 3.05) is 4.90 Å². The minimum Gasteiger partial charge on any atom is -0.505 e. The smallest absolute Gasteiger partial charge is 0.301 e. The van der Waals surface area contributed by atoms with Crippen LogP contribution in [0.1, 0.15) is 52.2 Å². The molecule has 39 heavy (non-hydrogen) atoms. The monoisotopic (exact) mass is 536 g/mol. The highest BCUT2D eigenvalue weighted by Gasteiger charge is 2.48. The van der Waals surface area contributed by atoms with Crippen molar-refractivity contribution in [3.8, 4) is 0 Å². The second kappa shape index (κ2) is 9.17. The lowest BCUT2D eigenvalue weighted by Gasteiger charge is -2.23. The number of nitrogens with zero attached hydrogens (tertiary/aromatic N) is 4. The van der Waals surface area contributed by atoms with Crippen LogP contribution in [-0.2, 0) is 16.0 Å². The quantitative estimate of drug-likeness (QED) is 0.164. The lowest BCUT2D eigenvalue weighted by molar-refractivity contribution is -0.132. The third-order valence-corrected chi connectivity index (χ3v) is 8.48. The maximum atomic E-state index is 13.7. The molecule has 1 saturated heterocycles. The lowest BCUT2D eigenvalue weighted by atomic mass is 9.95. The summed E-state index contributed by atoms with van der Waals surface area (Å²) in [7, 11) is 0. The van der Waals surface area contributed by atoms with E-state index in [0.717, 1.165) is 44.5 Å². The number of anilines is 1. The number of aromatic nitrogens is 3.